The Morgan fingerprint density at radius 1 is 1.12 bits per heavy atom. The quantitative estimate of drug-likeness (QED) is 0.316. The number of hydrogen-bond acceptors (Lipinski definition) is 4. The molecule has 0 unspecified atom stereocenters. The predicted molar refractivity (Wildman–Crippen MR) is 115 cm³/mol. The molecule has 0 radical (unpaired) electrons. The van der Waals surface area contributed by atoms with Crippen molar-refractivity contribution >= 4 is 22.6 Å². The molecule has 1 amide bonds. The maximum atomic E-state index is 13.2. The van der Waals surface area contributed by atoms with Crippen LogP contribution in [0.4, 0.5) is 23.2 Å². The lowest BCUT2D eigenvalue weighted by atomic mass is 10.1. The van der Waals surface area contributed by atoms with Crippen LogP contribution in [0, 0.1) is 0 Å². The number of pyridine rings is 1. The number of halogens is 4. The Balaban J connectivity index is 1.83. The lowest BCUT2D eigenvalue weighted by Gasteiger charge is -2.12. The van der Waals surface area contributed by atoms with Crippen molar-refractivity contribution in [2.24, 2.45) is 0 Å². The zero-order chi connectivity index (χ0) is 23.8. The number of hydrogen-bond donors (Lipinski definition) is 1. The Morgan fingerprint density at radius 3 is 2.48 bits per heavy atom. The standard InChI is InChI=1S/C23H16F4N4O2/c1-13(24)22(32)29-18-12-16(9-10-19(18)33-2)31-21-17(4-3-11-28-21)20(30-31)14-5-7-15(8-6-14)23(25,26)27/h3-12H,1H2,2H3,(H,29,32). The minimum Gasteiger partial charge on any atom is -0.495 e. The van der Waals surface area contributed by atoms with E-state index in [-0.39, 0.29) is 11.4 Å². The van der Waals surface area contributed by atoms with Crippen molar-refractivity contribution in [3.05, 3.63) is 78.8 Å². The van der Waals surface area contributed by atoms with Gasteiger partial charge in [0.1, 0.15) is 11.4 Å². The summed E-state index contributed by atoms with van der Waals surface area (Å²) in [5, 5.41) is 7.54. The van der Waals surface area contributed by atoms with Gasteiger partial charge in [0.05, 0.1) is 24.0 Å². The second-order valence-electron chi connectivity index (χ2n) is 6.95. The van der Waals surface area contributed by atoms with E-state index in [9.17, 15) is 22.4 Å². The van der Waals surface area contributed by atoms with Crippen LogP contribution in [-0.4, -0.2) is 27.8 Å². The number of benzene rings is 2. The fourth-order valence-electron chi connectivity index (χ4n) is 3.28. The van der Waals surface area contributed by atoms with E-state index in [1.165, 1.54) is 30.0 Å². The molecular weight excluding hydrogens is 440 g/mol. The summed E-state index contributed by atoms with van der Waals surface area (Å²) in [6, 6.07) is 12.8. The molecule has 4 aromatic rings. The number of methoxy groups -OCH3 is 1. The van der Waals surface area contributed by atoms with E-state index in [0.29, 0.717) is 28.0 Å². The Kier molecular flexibility index (Phi) is 5.59. The smallest absolute Gasteiger partial charge is 0.416 e. The van der Waals surface area contributed by atoms with Gasteiger partial charge in [0.25, 0.3) is 5.91 Å². The second-order valence-corrected chi connectivity index (χ2v) is 6.95. The van der Waals surface area contributed by atoms with Crippen molar-refractivity contribution in [2.75, 3.05) is 12.4 Å². The van der Waals surface area contributed by atoms with Gasteiger partial charge in [-0.25, -0.2) is 14.1 Å². The maximum Gasteiger partial charge on any atom is 0.416 e. The molecule has 6 nitrogen and oxygen atoms in total. The summed E-state index contributed by atoms with van der Waals surface area (Å²) < 4.78 is 58.7. The van der Waals surface area contributed by atoms with Gasteiger partial charge in [0.15, 0.2) is 11.5 Å². The molecule has 0 aliphatic heterocycles. The van der Waals surface area contributed by atoms with Crippen molar-refractivity contribution in [1.29, 1.82) is 0 Å². The van der Waals surface area contributed by atoms with E-state index in [0.717, 1.165) is 12.1 Å². The van der Waals surface area contributed by atoms with Gasteiger partial charge in [0.2, 0.25) is 0 Å². The van der Waals surface area contributed by atoms with Crippen molar-refractivity contribution in [2.45, 2.75) is 6.18 Å². The number of nitrogens with one attached hydrogen (secondary N) is 1. The zero-order valence-corrected chi connectivity index (χ0v) is 17.2. The first-order valence-electron chi connectivity index (χ1n) is 9.54. The minimum absolute atomic E-state index is 0.175. The van der Waals surface area contributed by atoms with Gasteiger partial charge in [-0.15, -0.1) is 0 Å². The first-order valence-corrected chi connectivity index (χ1v) is 9.54. The summed E-state index contributed by atoms with van der Waals surface area (Å²) in [6.45, 7) is 2.97. The molecule has 1 N–H and O–H groups in total. The topological polar surface area (TPSA) is 69.0 Å². The average molecular weight is 456 g/mol. The van der Waals surface area contributed by atoms with E-state index >= 15 is 0 Å². The van der Waals surface area contributed by atoms with E-state index in [2.05, 4.69) is 22.0 Å². The summed E-state index contributed by atoms with van der Waals surface area (Å²) in [4.78, 5) is 16.1. The van der Waals surface area contributed by atoms with Crippen LogP contribution >= 0.6 is 0 Å². The lowest BCUT2D eigenvalue weighted by Crippen LogP contribution is -2.12. The van der Waals surface area contributed by atoms with Gasteiger partial charge in [-0.2, -0.15) is 18.3 Å². The van der Waals surface area contributed by atoms with E-state index in [1.54, 1.807) is 30.5 Å². The summed E-state index contributed by atoms with van der Waals surface area (Å²) in [7, 11) is 1.39. The number of fused-ring (bicyclic) bond motifs is 1. The zero-order valence-electron chi connectivity index (χ0n) is 17.2. The van der Waals surface area contributed by atoms with Crippen LogP contribution in [0.1, 0.15) is 5.56 Å². The van der Waals surface area contributed by atoms with Gasteiger partial charge in [-0.1, -0.05) is 18.7 Å². The van der Waals surface area contributed by atoms with Gasteiger partial charge in [0, 0.05) is 17.1 Å². The number of nitrogens with zero attached hydrogens (tertiary/aromatic N) is 3. The van der Waals surface area contributed by atoms with Crippen LogP contribution in [0.3, 0.4) is 0 Å². The van der Waals surface area contributed by atoms with E-state index < -0.39 is 23.5 Å². The predicted octanol–water partition coefficient (Wildman–Crippen LogP) is 5.54. The third-order valence-electron chi connectivity index (χ3n) is 4.85. The maximum absolute atomic E-state index is 13.2. The number of anilines is 1. The van der Waals surface area contributed by atoms with Crippen molar-refractivity contribution in [1.82, 2.24) is 14.8 Å². The third-order valence-corrected chi connectivity index (χ3v) is 4.85. The molecule has 0 saturated carbocycles. The molecule has 0 saturated heterocycles. The van der Waals surface area contributed by atoms with Gasteiger partial charge in [-0.05, 0) is 42.5 Å². The van der Waals surface area contributed by atoms with Crippen LogP contribution in [0.2, 0.25) is 0 Å². The Hall–Kier alpha value is -4.21. The molecule has 2 aromatic carbocycles. The number of aromatic nitrogens is 3. The first kappa shape index (κ1) is 22.0. The van der Waals surface area contributed by atoms with Crippen molar-refractivity contribution < 1.29 is 27.1 Å². The molecule has 168 valence electrons. The highest BCUT2D eigenvalue weighted by Gasteiger charge is 2.30. The number of rotatable bonds is 5. The van der Waals surface area contributed by atoms with Gasteiger partial charge < -0.3 is 10.1 Å². The number of carbonyl (C=O) groups is 1. The molecule has 0 fully saturated rings. The monoisotopic (exact) mass is 456 g/mol. The summed E-state index contributed by atoms with van der Waals surface area (Å²) in [5.41, 5.74) is 1.19. The minimum atomic E-state index is -4.45. The molecule has 0 atom stereocenters. The molecule has 0 spiro atoms. The number of carbonyl (C=O) groups excluding carboxylic acids is 1. The number of ether oxygens (including phenoxy) is 1. The van der Waals surface area contributed by atoms with Crippen molar-refractivity contribution in [3.63, 3.8) is 0 Å². The largest absolute Gasteiger partial charge is 0.495 e. The molecule has 2 aromatic heterocycles. The molecule has 33 heavy (non-hydrogen) atoms. The summed E-state index contributed by atoms with van der Waals surface area (Å²) >= 11 is 0. The van der Waals surface area contributed by atoms with Crippen molar-refractivity contribution in [3.8, 4) is 22.7 Å². The molecule has 0 bridgehead atoms. The normalized spacial score (nSPS) is 11.4. The fourth-order valence-corrected chi connectivity index (χ4v) is 3.28. The highest BCUT2D eigenvalue weighted by Crippen LogP contribution is 2.34. The van der Waals surface area contributed by atoms with Crippen LogP contribution in [0.5, 0.6) is 5.75 Å². The fraction of sp³-hybridized carbons (Fsp3) is 0.0870. The van der Waals surface area contributed by atoms with Crippen LogP contribution in [0.25, 0.3) is 28.0 Å². The number of alkyl halides is 3. The molecule has 2 heterocycles. The SMILES string of the molecule is C=C(F)C(=O)Nc1cc(-n2nc(-c3ccc(C(F)(F)F)cc3)c3cccnc32)ccc1OC. The second kappa shape index (κ2) is 8.38. The molecule has 4 rings (SSSR count). The van der Waals surface area contributed by atoms with E-state index in [1.807, 2.05) is 0 Å². The molecule has 10 heteroatoms. The van der Waals surface area contributed by atoms with Gasteiger partial charge >= 0.3 is 6.18 Å². The third kappa shape index (κ3) is 4.27. The van der Waals surface area contributed by atoms with Crippen LogP contribution < -0.4 is 10.1 Å². The van der Waals surface area contributed by atoms with Crippen LogP contribution in [0.15, 0.2) is 73.2 Å². The summed E-state index contributed by atoms with van der Waals surface area (Å²) in [6.07, 6.45) is -2.90. The highest BCUT2D eigenvalue weighted by atomic mass is 19.4. The Morgan fingerprint density at radius 2 is 1.85 bits per heavy atom. The molecule has 0 aliphatic rings. The van der Waals surface area contributed by atoms with E-state index in [4.69, 9.17) is 4.74 Å². The number of amides is 1. The average Bonchev–Trinajstić information content (AvgIpc) is 3.18. The first-order chi connectivity index (χ1) is 15.7. The Labute approximate surface area is 185 Å². The van der Waals surface area contributed by atoms with Gasteiger partial charge in [-0.3, -0.25) is 4.79 Å². The molecular formula is C23H16F4N4O2. The highest BCUT2D eigenvalue weighted by molar-refractivity contribution is 6.02. The Bertz CT molecular complexity index is 1360. The lowest BCUT2D eigenvalue weighted by molar-refractivity contribution is -0.137. The van der Waals surface area contributed by atoms with Crippen LogP contribution in [-0.2, 0) is 11.0 Å². The summed E-state index contributed by atoms with van der Waals surface area (Å²) in [5.74, 6) is -1.92. The molecule has 0 aliphatic carbocycles.